The lowest BCUT2D eigenvalue weighted by molar-refractivity contribution is -0.210. The molecule has 10 N–H and O–H groups in total. The molecule has 2 heterocycles. The summed E-state index contributed by atoms with van der Waals surface area (Å²) in [6.45, 7) is 2.53. The Hall–Kier alpha value is -1.94. The summed E-state index contributed by atoms with van der Waals surface area (Å²) >= 11 is 0. The number of ether oxygens (including phenoxy) is 3. The zero-order valence-electron chi connectivity index (χ0n) is 40.5. The number of aliphatic hydroxyl groups is 7. The van der Waals surface area contributed by atoms with E-state index in [0.29, 0.717) is 12.8 Å². The van der Waals surface area contributed by atoms with Crippen molar-refractivity contribution in [2.24, 2.45) is 5.92 Å². The van der Waals surface area contributed by atoms with E-state index in [-0.39, 0.29) is 38.5 Å². The molecule has 20 nitrogen and oxygen atoms in total. The Labute approximate surface area is 407 Å². The molecule has 0 saturated carbocycles. The van der Waals surface area contributed by atoms with E-state index < -0.39 is 120 Å². The summed E-state index contributed by atoms with van der Waals surface area (Å²) in [5, 5.41) is 78.9. The number of phosphoric acid groups is 2. The quantitative estimate of drug-likeness (QED) is 0.0230. The number of aliphatic hydroxyl groups excluding tert-OH is 7. The van der Waals surface area contributed by atoms with Gasteiger partial charge in [0.05, 0.1) is 24.9 Å². The summed E-state index contributed by atoms with van der Waals surface area (Å²) in [7, 11) is -11.5. The molecule has 2 unspecified atom stereocenters. The number of carbonyl (C=O) groups excluding carboxylic acids is 2. The molecule has 0 amide bonds. The van der Waals surface area contributed by atoms with Crippen molar-refractivity contribution < 1.29 is 96.9 Å². The molecule has 0 radical (unpaired) electrons. The summed E-state index contributed by atoms with van der Waals surface area (Å²) in [4.78, 5) is 56.7. The average Bonchev–Trinajstić information content (AvgIpc) is 3.29. The molecule has 1 fully saturated rings. The van der Waals surface area contributed by atoms with Gasteiger partial charge in [-0.15, -0.1) is 0 Å². The Balaban J connectivity index is 2.31. The van der Waals surface area contributed by atoms with Crippen LogP contribution < -0.4 is 0 Å². The maximum atomic E-state index is 13.7. The van der Waals surface area contributed by atoms with Crippen molar-refractivity contribution in [1.29, 1.82) is 0 Å². The van der Waals surface area contributed by atoms with Gasteiger partial charge < -0.3 is 64.6 Å². The molecule has 13 atom stereocenters. The number of hydrogen-bond donors (Lipinski definition) is 10. The summed E-state index contributed by atoms with van der Waals surface area (Å²) in [6, 6.07) is 0. The average molecular weight is 1030 g/mol. The second-order valence-electron chi connectivity index (χ2n) is 18.1. The van der Waals surface area contributed by atoms with Gasteiger partial charge in [-0.2, -0.15) is 0 Å². The van der Waals surface area contributed by atoms with Gasteiger partial charge >= 0.3 is 27.6 Å². The van der Waals surface area contributed by atoms with Gasteiger partial charge in [-0.25, -0.2) is 9.13 Å². The minimum atomic E-state index is -5.79. The molecule has 0 spiro atoms. The van der Waals surface area contributed by atoms with E-state index in [1.165, 1.54) is 44.6 Å². The van der Waals surface area contributed by atoms with Crippen molar-refractivity contribution in [3.8, 4) is 0 Å². The van der Waals surface area contributed by atoms with Crippen LogP contribution in [0.1, 0.15) is 162 Å². The number of allylic oxidation sites excluding steroid dienone is 4. The smallest absolute Gasteiger partial charge is 0.462 e. The Kier molecular flexibility index (Phi) is 32.3. The molecule has 69 heavy (non-hydrogen) atoms. The van der Waals surface area contributed by atoms with E-state index in [1.807, 2.05) is 6.92 Å². The van der Waals surface area contributed by atoms with Crippen molar-refractivity contribution in [2.75, 3.05) is 13.2 Å². The number of esters is 2. The van der Waals surface area contributed by atoms with Gasteiger partial charge in [0.1, 0.15) is 43.2 Å². The highest BCUT2D eigenvalue weighted by Gasteiger charge is 2.50. The highest BCUT2D eigenvalue weighted by atomic mass is 31.2. The topological polar surface area (TPSA) is 326 Å². The molecule has 0 aliphatic carbocycles. The fourth-order valence-electron chi connectivity index (χ4n) is 8.00. The maximum absolute atomic E-state index is 13.7. The van der Waals surface area contributed by atoms with Crippen LogP contribution in [0.4, 0.5) is 0 Å². The van der Waals surface area contributed by atoms with Crippen LogP contribution in [-0.4, -0.2) is 143 Å². The number of fused-ring (bicyclic) bond motifs is 4. The first-order valence-corrected chi connectivity index (χ1v) is 28.0. The van der Waals surface area contributed by atoms with Crippen LogP contribution in [-0.2, 0) is 46.5 Å². The summed E-state index contributed by atoms with van der Waals surface area (Å²) in [6.07, 6.45) is 1.97. The second kappa shape index (κ2) is 35.3. The van der Waals surface area contributed by atoms with Crippen LogP contribution in [0.15, 0.2) is 36.5 Å². The van der Waals surface area contributed by atoms with Crippen molar-refractivity contribution in [2.45, 2.75) is 229 Å². The van der Waals surface area contributed by atoms with Crippen LogP contribution in [0.3, 0.4) is 0 Å². The molecular weight excluding hydrogens is 946 g/mol. The van der Waals surface area contributed by atoms with E-state index >= 15 is 0 Å². The Morgan fingerprint density at radius 3 is 2.13 bits per heavy atom. The first kappa shape index (κ1) is 63.2. The monoisotopic (exact) mass is 1030 g/mol. The highest BCUT2D eigenvalue weighted by molar-refractivity contribution is 7.47. The summed E-state index contributed by atoms with van der Waals surface area (Å²) in [5.74, 6) is -2.87. The minimum absolute atomic E-state index is 0.0390. The lowest BCUT2D eigenvalue weighted by atomic mass is 9.83. The SMILES string of the molecule is CCCCCCCC/C=C\CCCCCCCC(=O)OC[C@@H]1COP(=O)(O)O[C@H]2[C@H](O)[C@@H](O)[C@H](O)[C@@H](C/C=C\CCCC(=O)O1)[C@@H](O)CC(O)O[C@H](C=C[C@@H](O)CCCCC)[C@@H](O)[C@H]2OP(=O)(O)O. The zero-order valence-corrected chi connectivity index (χ0v) is 42.3. The van der Waals surface area contributed by atoms with E-state index in [9.17, 15) is 69.1 Å². The first-order chi connectivity index (χ1) is 32.8. The molecule has 0 aromatic carbocycles. The van der Waals surface area contributed by atoms with Crippen LogP contribution in [0.2, 0.25) is 0 Å². The van der Waals surface area contributed by atoms with Gasteiger partial charge in [0.2, 0.25) is 0 Å². The third-order valence-electron chi connectivity index (χ3n) is 12.0. The number of phosphoric ester groups is 2. The van der Waals surface area contributed by atoms with Gasteiger partial charge in [0.25, 0.3) is 0 Å². The summed E-state index contributed by atoms with van der Waals surface area (Å²) < 4.78 is 57.7. The molecular formula is C47H84O20P2. The highest BCUT2D eigenvalue weighted by Crippen LogP contribution is 2.49. The second-order valence-corrected chi connectivity index (χ2v) is 20.7. The third kappa shape index (κ3) is 27.6. The largest absolute Gasteiger partial charge is 0.472 e. The predicted molar refractivity (Wildman–Crippen MR) is 254 cm³/mol. The molecule has 0 aromatic rings. The van der Waals surface area contributed by atoms with E-state index in [0.717, 1.165) is 63.5 Å². The fourth-order valence-corrected chi connectivity index (χ4v) is 9.53. The molecule has 0 aromatic heterocycles. The van der Waals surface area contributed by atoms with Crippen LogP contribution in [0, 0.1) is 5.92 Å². The van der Waals surface area contributed by atoms with Crippen LogP contribution >= 0.6 is 15.6 Å². The van der Waals surface area contributed by atoms with Gasteiger partial charge in [-0.05, 0) is 57.8 Å². The number of unbranched alkanes of at least 4 members (excludes halogenated alkanes) is 13. The molecule has 2 rings (SSSR count). The van der Waals surface area contributed by atoms with Crippen molar-refractivity contribution in [1.82, 2.24) is 0 Å². The molecule has 2 aliphatic heterocycles. The minimum Gasteiger partial charge on any atom is -0.462 e. The van der Waals surface area contributed by atoms with Gasteiger partial charge in [0, 0.05) is 25.2 Å². The van der Waals surface area contributed by atoms with E-state index in [4.69, 9.17) is 27.8 Å². The number of carbonyl (C=O) groups is 2. The number of rotatable bonds is 25. The number of cyclic esters (lactones) is 1. The molecule has 22 heteroatoms. The Morgan fingerprint density at radius 2 is 1.48 bits per heavy atom. The van der Waals surface area contributed by atoms with Gasteiger partial charge in [0.15, 0.2) is 12.4 Å². The lowest BCUT2D eigenvalue weighted by Gasteiger charge is -2.41. The molecule has 1 saturated heterocycles. The number of hydrogen-bond acceptors (Lipinski definition) is 17. The van der Waals surface area contributed by atoms with Crippen molar-refractivity contribution in [3.63, 3.8) is 0 Å². The fraction of sp³-hybridized carbons (Fsp3) is 0.830. The van der Waals surface area contributed by atoms with Gasteiger partial charge in [-0.1, -0.05) is 121 Å². The first-order valence-electron chi connectivity index (χ1n) is 24.9. The lowest BCUT2D eigenvalue weighted by Crippen LogP contribution is -2.58. The van der Waals surface area contributed by atoms with Gasteiger partial charge in [-0.3, -0.25) is 23.2 Å². The predicted octanol–water partition coefficient (Wildman–Crippen LogP) is 5.61. The molecule has 2 aliphatic rings. The molecule has 2 bridgehead atoms. The van der Waals surface area contributed by atoms with Crippen molar-refractivity contribution in [3.05, 3.63) is 36.5 Å². The van der Waals surface area contributed by atoms with Crippen LogP contribution in [0.25, 0.3) is 0 Å². The Morgan fingerprint density at radius 1 is 0.855 bits per heavy atom. The van der Waals surface area contributed by atoms with E-state index in [1.54, 1.807) is 6.08 Å². The molecule has 402 valence electrons. The zero-order chi connectivity index (χ0) is 51.2. The standard InChI is InChI=1S/C47H84O20P2/c1-3-5-7-8-9-10-11-12-13-14-15-16-17-18-23-27-39(50)62-32-35-33-63-69(60,61)67-47-45(56)44(55)42(53)36(26-22-19-20-24-28-40(51)64-35)37(49)31-41(52)65-38(30-29-34(48)25-21-6-4-2)43(54)46(47)66-68(57,58)59/h12-13,19,22,29-30,34-38,41-49,52-56H,3-11,14-18,20-21,23-28,31-33H2,1-2H3,(H,60,61)(H2,57,58,59)/b13-12-,22-19-,30-29?/t34-,35+,36-,37-,38+,41?,42+,43+,44-,45+,46+,47-/m0/s1. The summed E-state index contributed by atoms with van der Waals surface area (Å²) in [5.41, 5.74) is 0. The third-order valence-corrected chi connectivity index (χ3v) is 13.5. The van der Waals surface area contributed by atoms with Crippen molar-refractivity contribution >= 4 is 27.6 Å². The van der Waals surface area contributed by atoms with Crippen LogP contribution in [0.5, 0.6) is 0 Å². The Bertz CT molecular complexity index is 1590. The van der Waals surface area contributed by atoms with E-state index in [2.05, 4.69) is 19.1 Å². The maximum Gasteiger partial charge on any atom is 0.472 e. The normalized spacial score (nSPS) is 31.7.